The molecule has 1 aliphatic heterocycles. The molecular formula is C16H21N5O2. The maximum Gasteiger partial charge on any atom is 0.274 e. The van der Waals surface area contributed by atoms with Crippen molar-refractivity contribution in [2.45, 2.75) is 45.3 Å². The molecule has 2 aromatic rings. The predicted octanol–water partition coefficient (Wildman–Crippen LogP) is 1.15. The molecule has 3 rings (SSSR count). The number of aryl methyl sites for hydroxylation is 1. The van der Waals surface area contributed by atoms with Gasteiger partial charge < -0.3 is 4.90 Å². The van der Waals surface area contributed by atoms with Gasteiger partial charge in [0.2, 0.25) is 0 Å². The molecule has 23 heavy (non-hydrogen) atoms. The molecule has 1 amide bonds. The molecule has 0 radical (unpaired) electrons. The maximum atomic E-state index is 12.8. The van der Waals surface area contributed by atoms with E-state index in [-0.39, 0.29) is 17.5 Å². The minimum Gasteiger partial charge on any atom is -0.332 e. The van der Waals surface area contributed by atoms with Crippen LogP contribution in [0.15, 0.2) is 35.4 Å². The van der Waals surface area contributed by atoms with Crippen LogP contribution in [0.3, 0.4) is 0 Å². The summed E-state index contributed by atoms with van der Waals surface area (Å²) in [6, 6.07) is 4.95. The van der Waals surface area contributed by atoms with Gasteiger partial charge in [0.1, 0.15) is 5.69 Å². The predicted molar refractivity (Wildman–Crippen MR) is 85.1 cm³/mol. The van der Waals surface area contributed by atoms with Crippen LogP contribution in [0, 0.1) is 0 Å². The summed E-state index contributed by atoms with van der Waals surface area (Å²) in [5.41, 5.74) is 0.170. The standard InChI is InChI=1S/C16H21N5O2/c1-2-9-21-15(22)7-6-14(18-21)16(23)20-11-3-5-13(20)12-19-10-4-8-17-19/h4,6-8,10,13H,2-3,5,9,11-12H2,1H3. The molecule has 0 saturated carbocycles. The Morgan fingerprint density at radius 2 is 2.26 bits per heavy atom. The van der Waals surface area contributed by atoms with Crippen LogP contribution < -0.4 is 5.56 Å². The van der Waals surface area contributed by atoms with Crippen LogP contribution in [-0.4, -0.2) is 43.0 Å². The van der Waals surface area contributed by atoms with Crippen LogP contribution in [0.2, 0.25) is 0 Å². The summed E-state index contributed by atoms with van der Waals surface area (Å²) in [6.07, 6.45) is 6.38. The van der Waals surface area contributed by atoms with E-state index in [9.17, 15) is 9.59 Å². The fraction of sp³-hybridized carbons (Fsp3) is 0.500. The van der Waals surface area contributed by atoms with E-state index in [1.54, 1.807) is 6.20 Å². The van der Waals surface area contributed by atoms with E-state index in [4.69, 9.17) is 0 Å². The van der Waals surface area contributed by atoms with E-state index >= 15 is 0 Å². The van der Waals surface area contributed by atoms with Gasteiger partial charge >= 0.3 is 0 Å². The van der Waals surface area contributed by atoms with Crippen LogP contribution in [0.5, 0.6) is 0 Å². The number of amides is 1. The largest absolute Gasteiger partial charge is 0.332 e. The van der Waals surface area contributed by atoms with Gasteiger partial charge in [0.25, 0.3) is 11.5 Å². The molecule has 1 atom stereocenters. The molecule has 1 fully saturated rings. The zero-order chi connectivity index (χ0) is 16.2. The van der Waals surface area contributed by atoms with E-state index in [2.05, 4.69) is 10.2 Å². The Labute approximate surface area is 134 Å². The van der Waals surface area contributed by atoms with Gasteiger partial charge in [0, 0.05) is 31.5 Å². The van der Waals surface area contributed by atoms with Gasteiger partial charge in [-0.3, -0.25) is 14.3 Å². The lowest BCUT2D eigenvalue weighted by molar-refractivity contribution is 0.0712. The van der Waals surface area contributed by atoms with Gasteiger partial charge in [-0.1, -0.05) is 6.92 Å². The van der Waals surface area contributed by atoms with Crippen molar-refractivity contribution in [3.05, 3.63) is 46.6 Å². The Hall–Kier alpha value is -2.44. The summed E-state index contributed by atoms with van der Waals surface area (Å²) in [4.78, 5) is 26.4. The quantitative estimate of drug-likeness (QED) is 0.830. The summed E-state index contributed by atoms with van der Waals surface area (Å²) in [5.74, 6) is -0.107. The van der Waals surface area contributed by atoms with E-state index in [0.717, 1.165) is 25.8 Å². The molecule has 0 aromatic carbocycles. The Morgan fingerprint density at radius 3 is 3.00 bits per heavy atom. The second-order valence-electron chi connectivity index (χ2n) is 5.80. The molecule has 0 bridgehead atoms. The summed E-state index contributed by atoms with van der Waals surface area (Å²) < 4.78 is 3.22. The summed E-state index contributed by atoms with van der Waals surface area (Å²) >= 11 is 0. The Morgan fingerprint density at radius 1 is 1.39 bits per heavy atom. The second kappa shape index (κ2) is 6.76. The lowest BCUT2D eigenvalue weighted by atomic mass is 10.2. The fourth-order valence-electron chi connectivity index (χ4n) is 3.00. The van der Waals surface area contributed by atoms with Crippen molar-refractivity contribution in [3.63, 3.8) is 0 Å². The summed E-state index contributed by atoms with van der Waals surface area (Å²) in [7, 11) is 0. The van der Waals surface area contributed by atoms with Crippen molar-refractivity contribution in [2.75, 3.05) is 6.54 Å². The number of hydrogen-bond donors (Lipinski definition) is 0. The fourth-order valence-corrected chi connectivity index (χ4v) is 3.00. The first kappa shape index (κ1) is 15.5. The first-order valence-electron chi connectivity index (χ1n) is 8.05. The third-order valence-corrected chi connectivity index (χ3v) is 4.12. The van der Waals surface area contributed by atoms with Crippen molar-refractivity contribution in [1.82, 2.24) is 24.5 Å². The molecule has 0 spiro atoms. The molecular weight excluding hydrogens is 294 g/mol. The Bertz CT molecular complexity index is 722. The normalized spacial score (nSPS) is 17.6. The molecule has 7 heteroatoms. The lowest BCUT2D eigenvalue weighted by Crippen LogP contribution is -2.39. The van der Waals surface area contributed by atoms with E-state index in [1.165, 1.54) is 16.8 Å². The highest BCUT2D eigenvalue weighted by molar-refractivity contribution is 5.92. The zero-order valence-electron chi connectivity index (χ0n) is 13.3. The van der Waals surface area contributed by atoms with E-state index in [1.807, 2.05) is 28.8 Å². The number of aromatic nitrogens is 4. The van der Waals surface area contributed by atoms with Gasteiger partial charge in [-0.05, 0) is 31.4 Å². The van der Waals surface area contributed by atoms with Crippen molar-refractivity contribution in [1.29, 1.82) is 0 Å². The SMILES string of the molecule is CCCn1nc(C(=O)N2CCCC2Cn2cccn2)ccc1=O. The van der Waals surface area contributed by atoms with Gasteiger partial charge in [-0.25, -0.2) is 4.68 Å². The molecule has 1 aliphatic rings. The van der Waals surface area contributed by atoms with Crippen LogP contribution >= 0.6 is 0 Å². The van der Waals surface area contributed by atoms with Crippen LogP contribution in [0.4, 0.5) is 0 Å². The zero-order valence-corrected chi connectivity index (χ0v) is 13.3. The molecule has 1 unspecified atom stereocenters. The van der Waals surface area contributed by atoms with Gasteiger partial charge in [0.05, 0.1) is 12.6 Å². The van der Waals surface area contributed by atoms with Crippen molar-refractivity contribution >= 4 is 5.91 Å². The highest BCUT2D eigenvalue weighted by Crippen LogP contribution is 2.20. The molecule has 122 valence electrons. The van der Waals surface area contributed by atoms with Gasteiger partial charge in [-0.2, -0.15) is 10.2 Å². The topological polar surface area (TPSA) is 73.0 Å². The third-order valence-electron chi connectivity index (χ3n) is 4.12. The number of likely N-dealkylation sites (tertiary alicyclic amines) is 1. The molecule has 1 saturated heterocycles. The van der Waals surface area contributed by atoms with Crippen LogP contribution in [-0.2, 0) is 13.1 Å². The number of rotatable bonds is 5. The lowest BCUT2D eigenvalue weighted by Gasteiger charge is -2.24. The van der Waals surface area contributed by atoms with E-state index < -0.39 is 0 Å². The Kier molecular flexibility index (Phi) is 4.55. The summed E-state index contributed by atoms with van der Waals surface area (Å²) in [5, 5.41) is 8.44. The smallest absolute Gasteiger partial charge is 0.274 e. The van der Waals surface area contributed by atoms with Crippen molar-refractivity contribution in [3.8, 4) is 0 Å². The highest BCUT2D eigenvalue weighted by Gasteiger charge is 2.30. The minimum absolute atomic E-state index is 0.107. The molecule has 3 heterocycles. The highest BCUT2D eigenvalue weighted by atomic mass is 16.2. The van der Waals surface area contributed by atoms with E-state index in [0.29, 0.717) is 18.8 Å². The average Bonchev–Trinajstić information content (AvgIpc) is 3.21. The van der Waals surface area contributed by atoms with Gasteiger partial charge in [0.15, 0.2) is 0 Å². The number of carbonyl (C=O) groups is 1. The first-order chi connectivity index (χ1) is 11.2. The van der Waals surface area contributed by atoms with Gasteiger partial charge in [-0.15, -0.1) is 0 Å². The van der Waals surface area contributed by atoms with Crippen molar-refractivity contribution < 1.29 is 4.79 Å². The second-order valence-corrected chi connectivity index (χ2v) is 5.80. The maximum absolute atomic E-state index is 12.8. The monoisotopic (exact) mass is 315 g/mol. The molecule has 0 N–H and O–H groups in total. The molecule has 7 nitrogen and oxygen atoms in total. The van der Waals surface area contributed by atoms with Crippen LogP contribution in [0.1, 0.15) is 36.7 Å². The van der Waals surface area contributed by atoms with Crippen LogP contribution in [0.25, 0.3) is 0 Å². The number of hydrogen-bond acceptors (Lipinski definition) is 4. The average molecular weight is 315 g/mol. The Balaban J connectivity index is 1.78. The molecule has 2 aromatic heterocycles. The third kappa shape index (κ3) is 3.33. The first-order valence-corrected chi connectivity index (χ1v) is 8.05. The minimum atomic E-state index is -0.169. The summed E-state index contributed by atoms with van der Waals surface area (Å²) in [6.45, 7) is 3.91. The molecule has 0 aliphatic carbocycles. The number of nitrogens with zero attached hydrogens (tertiary/aromatic N) is 5. The number of carbonyl (C=O) groups excluding carboxylic acids is 1. The van der Waals surface area contributed by atoms with Crippen molar-refractivity contribution in [2.24, 2.45) is 0 Å².